The summed E-state index contributed by atoms with van der Waals surface area (Å²) in [5.74, 6) is 0. The van der Waals surface area contributed by atoms with Gasteiger partial charge in [0.15, 0.2) is 0 Å². The summed E-state index contributed by atoms with van der Waals surface area (Å²) >= 11 is 0. The lowest BCUT2D eigenvalue weighted by Crippen LogP contribution is -2.14. The van der Waals surface area contributed by atoms with Gasteiger partial charge in [0, 0.05) is 12.7 Å². The minimum atomic E-state index is 0.699. The number of aryl methyl sites for hydroxylation is 1. The van der Waals surface area contributed by atoms with Crippen molar-refractivity contribution in [1.29, 1.82) is 0 Å². The van der Waals surface area contributed by atoms with E-state index in [2.05, 4.69) is 17.5 Å². The number of nitrogens with zero attached hydrogens (tertiary/aromatic N) is 2. The molecule has 0 bridgehead atoms. The number of rotatable bonds is 4. The van der Waals surface area contributed by atoms with Gasteiger partial charge >= 0.3 is 0 Å². The summed E-state index contributed by atoms with van der Waals surface area (Å²) in [7, 11) is 1.60. The van der Waals surface area contributed by atoms with E-state index in [9.17, 15) is 0 Å². The summed E-state index contributed by atoms with van der Waals surface area (Å²) < 4.78 is 1.92. The van der Waals surface area contributed by atoms with Crippen molar-refractivity contribution >= 4 is 0 Å². The fourth-order valence-corrected chi connectivity index (χ4v) is 0.941. The zero-order valence-corrected chi connectivity index (χ0v) is 6.87. The molecule has 1 aromatic rings. The number of hydrogen-bond donors (Lipinski definition) is 1. The maximum Gasteiger partial charge on any atom is 0.0630 e. The van der Waals surface area contributed by atoms with Crippen molar-refractivity contribution < 1.29 is 4.84 Å². The van der Waals surface area contributed by atoms with Crippen LogP contribution in [0.25, 0.3) is 0 Å². The van der Waals surface area contributed by atoms with Gasteiger partial charge in [-0.05, 0) is 13.0 Å². The van der Waals surface area contributed by atoms with Crippen LogP contribution in [0, 0.1) is 0 Å². The average Bonchev–Trinajstić information content (AvgIpc) is 2.47. The van der Waals surface area contributed by atoms with Crippen LogP contribution in [0.4, 0.5) is 0 Å². The predicted molar refractivity (Wildman–Crippen MR) is 41.7 cm³/mol. The SMILES string of the molecule is CCn1nccc1CNOC. The zero-order valence-electron chi connectivity index (χ0n) is 6.87. The van der Waals surface area contributed by atoms with Gasteiger partial charge in [-0.3, -0.25) is 4.68 Å². The molecule has 1 aromatic heterocycles. The number of aromatic nitrogens is 2. The first kappa shape index (κ1) is 8.23. The Morgan fingerprint density at radius 1 is 1.73 bits per heavy atom. The second-order valence-corrected chi connectivity index (χ2v) is 2.16. The zero-order chi connectivity index (χ0) is 8.10. The Bertz CT molecular complexity index is 209. The Morgan fingerprint density at radius 3 is 3.18 bits per heavy atom. The van der Waals surface area contributed by atoms with Gasteiger partial charge in [-0.2, -0.15) is 10.6 Å². The topological polar surface area (TPSA) is 39.1 Å². The first-order chi connectivity index (χ1) is 5.38. The van der Waals surface area contributed by atoms with Gasteiger partial charge in [-0.1, -0.05) is 0 Å². The van der Waals surface area contributed by atoms with E-state index in [0.29, 0.717) is 6.54 Å². The molecule has 1 rings (SSSR count). The summed E-state index contributed by atoms with van der Waals surface area (Å²) in [6.07, 6.45) is 1.79. The molecule has 0 amide bonds. The van der Waals surface area contributed by atoms with Crippen molar-refractivity contribution in [3.63, 3.8) is 0 Å². The monoisotopic (exact) mass is 155 g/mol. The van der Waals surface area contributed by atoms with Crippen LogP contribution in [0.5, 0.6) is 0 Å². The summed E-state index contributed by atoms with van der Waals surface area (Å²) in [5, 5.41) is 4.11. The van der Waals surface area contributed by atoms with E-state index in [-0.39, 0.29) is 0 Å². The number of hydrogen-bond acceptors (Lipinski definition) is 3. The van der Waals surface area contributed by atoms with Crippen molar-refractivity contribution in [2.24, 2.45) is 0 Å². The smallest absolute Gasteiger partial charge is 0.0630 e. The highest BCUT2D eigenvalue weighted by Crippen LogP contribution is 1.96. The predicted octanol–water partition coefficient (Wildman–Crippen LogP) is 0.554. The maximum atomic E-state index is 4.72. The van der Waals surface area contributed by atoms with Crippen molar-refractivity contribution in [2.75, 3.05) is 7.11 Å². The number of nitrogens with one attached hydrogen (secondary N) is 1. The Morgan fingerprint density at radius 2 is 2.55 bits per heavy atom. The van der Waals surface area contributed by atoms with E-state index in [1.54, 1.807) is 13.3 Å². The lowest BCUT2D eigenvalue weighted by atomic mass is 10.4. The van der Waals surface area contributed by atoms with Crippen LogP contribution in [0.3, 0.4) is 0 Å². The van der Waals surface area contributed by atoms with Gasteiger partial charge in [-0.25, -0.2) is 0 Å². The van der Waals surface area contributed by atoms with E-state index >= 15 is 0 Å². The highest BCUT2D eigenvalue weighted by molar-refractivity contribution is 4.99. The van der Waals surface area contributed by atoms with Gasteiger partial charge in [-0.15, -0.1) is 0 Å². The molecule has 0 saturated carbocycles. The van der Waals surface area contributed by atoms with Crippen molar-refractivity contribution in [3.8, 4) is 0 Å². The van der Waals surface area contributed by atoms with Crippen LogP contribution in [0.15, 0.2) is 12.3 Å². The second-order valence-electron chi connectivity index (χ2n) is 2.16. The summed E-state index contributed by atoms with van der Waals surface area (Å²) in [6.45, 7) is 3.65. The summed E-state index contributed by atoms with van der Waals surface area (Å²) in [6, 6.07) is 1.97. The van der Waals surface area contributed by atoms with Crippen LogP contribution >= 0.6 is 0 Å². The first-order valence-corrected chi connectivity index (χ1v) is 3.65. The molecule has 0 aliphatic rings. The lowest BCUT2D eigenvalue weighted by molar-refractivity contribution is 0.0848. The van der Waals surface area contributed by atoms with Crippen molar-refractivity contribution in [3.05, 3.63) is 18.0 Å². The fraction of sp³-hybridized carbons (Fsp3) is 0.571. The number of hydroxylamine groups is 1. The normalized spacial score (nSPS) is 10.4. The fourth-order valence-electron chi connectivity index (χ4n) is 0.941. The minimum Gasteiger partial charge on any atom is -0.305 e. The van der Waals surface area contributed by atoms with Crippen molar-refractivity contribution in [1.82, 2.24) is 15.3 Å². The molecule has 1 heterocycles. The van der Waals surface area contributed by atoms with E-state index in [4.69, 9.17) is 4.84 Å². The maximum absolute atomic E-state index is 4.72. The molecule has 62 valence electrons. The molecule has 0 saturated heterocycles. The quantitative estimate of drug-likeness (QED) is 0.645. The molecule has 11 heavy (non-hydrogen) atoms. The second kappa shape index (κ2) is 4.10. The Kier molecular flexibility index (Phi) is 3.07. The lowest BCUT2D eigenvalue weighted by Gasteiger charge is -2.03. The van der Waals surface area contributed by atoms with Gasteiger partial charge in [0.2, 0.25) is 0 Å². The molecule has 0 aliphatic heterocycles. The summed E-state index contributed by atoms with van der Waals surface area (Å²) in [5.41, 5.74) is 3.90. The molecular formula is C7H13N3O. The molecule has 1 N–H and O–H groups in total. The van der Waals surface area contributed by atoms with Crippen LogP contribution in [-0.2, 0) is 17.9 Å². The standard InChI is InChI=1S/C7H13N3O/c1-3-10-7(4-5-8-10)6-9-11-2/h4-5,9H,3,6H2,1-2H3. The van der Waals surface area contributed by atoms with Crippen LogP contribution < -0.4 is 5.48 Å². The highest BCUT2D eigenvalue weighted by Gasteiger charge is 1.97. The van der Waals surface area contributed by atoms with E-state index in [1.807, 2.05) is 10.7 Å². The van der Waals surface area contributed by atoms with Gasteiger partial charge in [0.1, 0.15) is 0 Å². The first-order valence-electron chi connectivity index (χ1n) is 3.65. The largest absolute Gasteiger partial charge is 0.305 e. The van der Waals surface area contributed by atoms with Crippen LogP contribution in [-0.4, -0.2) is 16.9 Å². The Labute approximate surface area is 66.1 Å². The molecular weight excluding hydrogens is 142 g/mol. The molecule has 0 radical (unpaired) electrons. The molecule has 0 fully saturated rings. The third-order valence-corrected chi connectivity index (χ3v) is 1.50. The molecule has 0 unspecified atom stereocenters. The van der Waals surface area contributed by atoms with Crippen LogP contribution in [0.1, 0.15) is 12.6 Å². The molecule has 4 nitrogen and oxygen atoms in total. The van der Waals surface area contributed by atoms with Crippen molar-refractivity contribution in [2.45, 2.75) is 20.0 Å². The third kappa shape index (κ3) is 2.03. The van der Waals surface area contributed by atoms with E-state index in [0.717, 1.165) is 12.2 Å². The Balaban J connectivity index is 2.54. The van der Waals surface area contributed by atoms with Crippen LogP contribution in [0.2, 0.25) is 0 Å². The average molecular weight is 155 g/mol. The highest BCUT2D eigenvalue weighted by atomic mass is 16.6. The molecule has 4 heteroatoms. The molecule has 0 spiro atoms. The molecule has 0 aromatic carbocycles. The Hall–Kier alpha value is -0.870. The minimum absolute atomic E-state index is 0.699. The van der Waals surface area contributed by atoms with Gasteiger partial charge < -0.3 is 4.84 Å². The van der Waals surface area contributed by atoms with E-state index < -0.39 is 0 Å². The molecule has 0 atom stereocenters. The van der Waals surface area contributed by atoms with Gasteiger partial charge in [0.25, 0.3) is 0 Å². The van der Waals surface area contributed by atoms with E-state index in [1.165, 1.54) is 0 Å². The third-order valence-electron chi connectivity index (χ3n) is 1.50. The van der Waals surface area contributed by atoms with Gasteiger partial charge in [0.05, 0.1) is 19.3 Å². The summed E-state index contributed by atoms with van der Waals surface area (Å²) in [4.78, 5) is 4.72. The molecule has 0 aliphatic carbocycles.